The van der Waals surface area contributed by atoms with Crippen molar-refractivity contribution in [2.75, 3.05) is 18.1 Å². The number of nitrogens with zero attached hydrogens (tertiary/aromatic N) is 1. The van der Waals surface area contributed by atoms with Crippen LogP contribution in [0.3, 0.4) is 0 Å². The molecule has 0 aliphatic carbocycles. The largest absolute Gasteiger partial charge is 0.480 e. The van der Waals surface area contributed by atoms with Crippen molar-refractivity contribution >= 4 is 60.8 Å². The van der Waals surface area contributed by atoms with Crippen LogP contribution in [0.5, 0.6) is 0 Å². The van der Waals surface area contributed by atoms with E-state index in [-0.39, 0.29) is 36.9 Å². The molecule has 182 valence electrons. The van der Waals surface area contributed by atoms with E-state index in [2.05, 4.69) is 46.2 Å². The summed E-state index contributed by atoms with van der Waals surface area (Å²) in [7, 11) is 0. The number of carboxylic acid groups (broad SMARTS) is 1. The van der Waals surface area contributed by atoms with Gasteiger partial charge in [-0.15, -0.1) is 0 Å². The second-order valence-electron chi connectivity index (χ2n) is 6.61. The maximum absolute atomic E-state index is 12.6. The Hall–Kier alpha value is -2.72. The zero-order chi connectivity index (χ0) is 24.8. The van der Waals surface area contributed by atoms with Crippen molar-refractivity contribution in [2.45, 2.75) is 43.4 Å². The van der Waals surface area contributed by atoms with E-state index >= 15 is 0 Å². The van der Waals surface area contributed by atoms with Crippen LogP contribution in [-0.4, -0.2) is 82.9 Å². The highest BCUT2D eigenvalue weighted by Crippen LogP contribution is 2.03. The molecular weight excluding hydrogens is 464 g/mol. The van der Waals surface area contributed by atoms with Gasteiger partial charge in [-0.05, 0) is 12.8 Å². The summed E-state index contributed by atoms with van der Waals surface area (Å²) < 4.78 is 0. The number of nitrogens with one attached hydrogen (secondary N) is 3. The number of aliphatic imine (C=N–C) groups is 1. The average Bonchev–Trinajstić information content (AvgIpc) is 2.71. The molecule has 0 saturated carbocycles. The van der Waals surface area contributed by atoms with Gasteiger partial charge in [-0.1, -0.05) is 0 Å². The molecule has 0 aromatic rings. The van der Waals surface area contributed by atoms with Gasteiger partial charge >= 0.3 is 5.97 Å². The second kappa shape index (κ2) is 15.1. The number of amides is 4. The van der Waals surface area contributed by atoms with Gasteiger partial charge in [0.15, 0.2) is 5.96 Å². The molecule has 0 bridgehead atoms. The van der Waals surface area contributed by atoms with Crippen LogP contribution in [0.1, 0.15) is 19.3 Å². The van der Waals surface area contributed by atoms with Crippen molar-refractivity contribution in [3.05, 3.63) is 0 Å². The Balaban J connectivity index is 5.39. The third kappa shape index (κ3) is 11.6. The molecular formula is C16H30N8O6S2. The number of carboxylic acids is 1. The molecule has 12 N–H and O–H groups in total. The van der Waals surface area contributed by atoms with Crippen LogP contribution < -0.4 is 38.9 Å². The Labute approximate surface area is 195 Å². The molecule has 0 spiro atoms. The molecule has 0 aliphatic rings. The van der Waals surface area contributed by atoms with E-state index in [9.17, 15) is 29.1 Å². The molecule has 0 aromatic heterocycles. The summed E-state index contributed by atoms with van der Waals surface area (Å²) in [6, 6.07) is -4.92. The Morgan fingerprint density at radius 3 is 1.84 bits per heavy atom. The molecule has 16 heteroatoms. The van der Waals surface area contributed by atoms with Crippen molar-refractivity contribution in [3.63, 3.8) is 0 Å². The minimum absolute atomic E-state index is 0.0145. The third-order valence-corrected chi connectivity index (χ3v) is 4.71. The van der Waals surface area contributed by atoms with E-state index in [4.69, 9.17) is 22.9 Å². The van der Waals surface area contributed by atoms with Crippen molar-refractivity contribution < 1.29 is 29.1 Å². The second-order valence-corrected chi connectivity index (χ2v) is 7.34. The van der Waals surface area contributed by atoms with E-state index in [0.717, 1.165) is 0 Å². The maximum atomic E-state index is 12.6. The molecule has 14 nitrogen and oxygen atoms in total. The van der Waals surface area contributed by atoms with Crippen LogP contribution in [0.15, 0.2) is 4.99 Å². The smallest absolute Gasteiger partial charge is 0.326 e. The SMILES string of the molecule is NC(=O)CC(NC(=O)C(CCCN=C(N)N)NC(=O)C(CS)NC(=O)C(N)CS)C(=O)O. The number of rotatable bonds is 15. The standard InChI is InChI=1S/C16H30N8O6S2/c17-7(5-31)12(26)24-10(6-32)14(28)22-8(2-1-3-21-16(19)20)13(27)23-9(15(29)30)4-11(18)25/h7-10,31-32H,1-6,17H2,(H2,18,25)(H,22,28)(H,23,27)(H,24,26)(H,29,30)(H4,19,20,21). The molecule has 0 saturated heterocycles. The van der Waals surface area contributed by atoms with Crippen LogP contribution >= 0.6 is 25.3 Å². The molecule has 0 fully saturated rings. The molecule has 4 amide bonds. The van der Waals surface area contributed by atoms with Gasteiger partial charge in [-0.25, -0.2) is 4.79 Å². The lowest BCUT2D eigenvalue weighted by molar-refractivity contribution is -0.143. The number of primary amides is 1. The summed E-state index contributed by atoms with van der Waals surface area (Å²) in [6.07, 6.45) is -0.389. The Bertz CT molecular complexity index is 719. The average molecular weight is 495 g/mol. The van der Waals surface area contributed by atoms with E-state index in [0.29, 0.717) is 0 Å². The number of guanidine groups is 1. The normalized spacial score (nSPS) is 14.2. The Morgan fingerprint density at radius 1 is 0.844 bits per heavy atom. The first-order valence-corrected chi connectivity index (χ1v) is 10.6. The number of nitrogens with two attached hydrogens (primary N) is 4. The highest BCUT2D eigenvalue weighted by atomic mass is 32.1. The lowest BCUT2D eigenvalue weighted by Gasteiger charge is -2.24. The first kappa shape index (κ1) is 29.3. The summed E-state index contributed by atoms with van der Waals surface area (Å²) >= 11 is 7.93. The fraction of sp³-hybridized carbons (Fsp3) is 0.625. The van der Waals surface area contributed by atoms with Crippen molar-refractivity contribution in [1.29, 1.82) is 0 Å². The first-order chi connectivity index (χ1) is 14.9. The van der Waals surface area contributed by atoms with Crippen LogP contribution in [0, 0.1) is 0 Å². The molecule has 4 atom stereocenters. The van der Waals surface area contributed by atoms with Gasteiger partial charge in [0.25, 0.3) is 0 Å². The number of thiol groups is 2. The minimum Gasteiger partial charge on any atom is -0.480 e. The van der Waals surface area contributed by atoms with Crippen molar-refractivity contribution in [2.24, 2.45) is 27.9 Å². The van der Waals surface area contributed by atoms with E-state index in [1.807, 2.05) is 0 Å². The first-order valence-electron chi connectivity index (χ1n) is 9.37. The molecule has 0 heterocycles. The van der Waals surface area contributed by atoms with Crippen LogP contribution in [0.25, 0.3) is 0 Å². The van der Waals surface area contributed by atoms with Crippen LogP contribution in [-0.2, 0) is 24.0 Å². The minimum atomic E-state index is -1.59. The summed E-state index contributed by atoms with van der Waals surface area (Å²) in [5.41, 5.74) is 21.0. The quantitative estimate of drug-likeness (QED) is 0.0455. The summed E-state index contributed by atoms with van der Waals surface area (Å²) in [6.45, 7) is 0.134. The van der Waals surface area contributed by atoms with E-state index in [1.54, 1.807) is 0 Å². The fourth-order valence-corrected chi connectivity index (χ4v) is 2.70. The highest BCUT2D eigenvalue weighted by molar-refractivity contribution is 7.80. The van der Waals surface area contributed by atoms with Crippen LogP contribution in [0.4, 0.5) is 0 Å². The lowest BCUT2D eigenvalue weighted by atomic mass is 10.1. The van der Waals surface area contributed by atoms with Crippen molar-refractivity contribution in [3.8, 4) is 0 Å². The van der Waals surface area contributed by atoms with Gasteiger partial charge in [0.1, 0.15) is 18.1 Å². The fourth-order valence-electron chi connectivity index (χ4n) is 2.27. The van der Waals surface area contributed by atoms with E-state index < -0.39 is 60.2 Å². The maximum Gasteiger partial charge on any atom is 0.326 e. The van der Waals surface area contributed by atoms with Gasteiger partial charge in [0, 0.05) is 18.1 Å². The molecule has 0 aromatic carbocycles. The topological polar surface area (TPSA) is 258 Å². The molecule has 0 radical (unpaired) electrons. The Kier molecular flexibility index (Phi) is 13.9. The number of carbonyl (C=O) groups excluding carboxylic acids is 4. The number of aliphatic carboxylic acids is 1. The molecule has 0 aliphatic heterocycles. The van der Waals surface area contributed by atoms with Gasteiger partial charge in [0.05, 0.1) is 12.5 Å². The number of hydrogen-bond acceptors (Lipinski definition) is 9. The monoisotopic (exact) mass is 494 g/mol. The molecule has 4 unspecified atom stereocenters. The van der Waals surface area contributed by atoms with Gasteiger partial charge in [0.2, 0.25) is 23.6 Å². The van der Waals surface area contributed by atoms with Crippen LogP contribution in [0.2, 0.25) is 0 Å². The zero-order valence-corrected chi connectivity index (χ0v) is 19.0. The molecule has 32 heavy (non-hydrogen) atoms. The summed E-state index contributed by atoms with van der Waals surface area (Å²) in [5.74, 6) is -4.95. The number of carbonyl (C=O) groups is 5. The predicted octanol–water partition coefficient (Wildman–Crippen LogP) is -4.36. The predicted molar refractivity (Wildman–Crippen MR) is 123 cm³/mol. The van der Waals surface area contributed by atoms with Gasteiger partial charge in [-0.2, -0.15) is 25.3 Å². The van der Waals surface area contributed by atoms with Crippen molar-refractivity contribution in [1.82, 2.24) is 16.0 Å². The summed E-state index contributed by atoms with van der Waals surface area (Å²) in [5, 5.41) is 16.1. The van der Waals surface area contributed by atoms with Gasteiger partial charge < -0.3 is 44.0 Å². The van der Waals surface area contributed by atoms with Gasteiger partial charge in [-0.3, -0.25) is 24.2 Å². The molecule has 0 rings (SSSR count). The lowest BCUT2D eigenvalue weighted by Crippen LogP contribution is -2.58. The zero-order valence-electron chi connectivity index (χ0n) is 17.2. The number of hydrogen-bond donors (Lipinski definition) is 10. The Morgan fingerprint density at radius 2 is 1.38 bits per heavy atom. The third-order valence-electron chi connectivity index (χ3n) is 3.95. The summed E-state index contributed by atoms with van der Waals surface area (Å²) in [4.78, 5) is 63.3. The van der Waals surface area contributed by atoms with E-state index in [1.165, 1.54) is 0 Å². The highest BCUT2D eigenvalue weighted by Gasteiger charge is 2.30.